The Bertz CT molecular complexity index is 600. The van der Waals surface area contributed by atoms with Crippen molar-refractivity contribution in [3.63, 3.8) is 0 Å². The van der Waals surface area contributed by atoms with Gasteiger partial charge in [-0.1, -0.05) is 15.9 Å². The topological polar surface area (TPSA) is 58.1 Å². The van der Waals surface area contributed by atoms with Crippen LogP contribution in [0.1, 0.15) is 6.92 Å². The highest BCUT2D eigenvalue weighted by Gasteiger charge is 2.06. The van der Waals surface area contributed by atoms with Crippen LogP contribution in [-0.2, 0) is 4.79 Å². The molecule has 0 radical (unpaired) electrons. The zero-order valence-electron chi connectivity index (χ0n) is 11.3. The Balaban J connectivity index is 2.13. The van der Waals surface area contributed by atoms with Gasteiger partial charge in [-0.25, -0.2) is 9.97 Å². The summed E-state index contributed by atoms with van der Waals surface area (Å²) in [4.78, 5) is 21.3. The Labute approximate surface area is 126 Å². The number of hydrogen-bond acceptors (Lipinski definition) is 5. The molecule has 0 aliphatic rings. The van der Waals surface area contributed by atoms with Crippen LogP contribution in [0.3, 0.4) is 0 Å². The van der Waals surface area contributed by atoms with E-state index in [4.69, 9.17) is 0 Å². The third-order valence-electron chi connectivity index (χ3n) is 2.62. The molecule has 0 spiro atoms. The van der Waals surface area contributed by atoms with Crippen molar-refractivity contribution in [2.45, 2.75) is 6.92 Å². The first kappa shape index (κ1) is 14.5. The SMILES string of the molecule is CC(=O)CN(C)c1cc(Nc2ccc(Br)cc2)ncn1. The van der Waals surface area contributed by atoms with Gasteiger partial charge in [0.2, 0.25) is 0 Å². The molecule has 0 aliphatic carbocycles. The van der Waals surface area contributed by atoms with Crippen molar-refractivity contribution >= 4 is 39.0 Å². The van der Waals surface area contributed by atoms with Crippen LogP contribution in [0.15, 0.2) is 41.1 Å². The Morgan fingerprint density at radius 3 is 2.65 bits per heavy atom. The lowest BCUT2D eigenvalue weighted by Crippen LogP contribution is -2.24. The second-order valence-electron chi connectivity index (χ2n) is 4.45. The molecule has 2 rings (SSSR count). The van der Waals surface area contributed by atoms with Gasteiger partial charge in [-0.3, -0.25) is 4.79 Å². The van der Waals surface area contributed by atoms with Crippen molar-refractivity contribution in [2.24, 2.45) is 0 Å². The van der Waals surface area contributed by atoms with E-state index in [0.29, 0.717) is 18.2 Å². The summed E-state index contributed by atoms with van der Waals surface area (Å²) in [5, 5.41) is 3.20. The number of Topliss-reactive ketones (excluding diaryl/α,β-unsaturated/α-hetero) is 1. The van der Waals surface area contributed by atoms with Gasteiger partial charge in [0.15, 0.2) is 0 Å². The lowest BCUT2D eigenvalue weighted by molar-refractivity contribution is -0.115. The molecule has 0 aliphatic heterocycles. The van der Waals surface area contributed by atoms with Gasteiger partial charge in [-0.15, -0.1) is 0 Å². The van der Waals surface area contributed by atoms with E-state index >= 15 is 0 Å². The predicted molar refractivity (Wildman–Crippen MR) is 83.4 cm³/mol. The number of anilines is 3. The zero-order valence-corrected chi connectivity index (χ0v) is 12.9. The highest BCUT2D eigenvalue weighted by Crippen LogP contribution is 2.19. The average molecular weight is 335 g/mol. The van der Waals surface area contributed by atoms with E-state index in [1.165, 1.54) is 6.33 Å². The largest absolute Gasteiger partial charge is 0.352 e. The highest BCUT2D eigenvalue weighted by atomic mass is 79.9. The molecule has 0 saturated heterocycles. The second kappa shape index (κ2) is 6.47. The number of aromatic nitrogens is 2. The normalized spacial score (nSPS) is 10.2. The van der Waals surface area contributed by atoms with E-state index in [1.54, 1.807) is 11.8 Å². The van der Waals surface area contributed by atoms with Crippen LogP contribution < -0.4 is 10.2 Å². The van der Waals surface area contributed by atoms with Crippen molar-refractivity contribution in [2.75, 3.05) is 23.8 Å². The number of nitrogens with zero attached hydrogens (tertiary/aromatic N) is 3. The molecule has 1 heterocycles. The number of carbonyl (C=O) groups is 1. The minimum absolute atomic E-state index is 0.0912. The first-order valence-corrected chi connectivity index (χ1v) is 6.89. The number of halogens is 1. The maximum atomic E-state index is 11.1. The molecular formula is C14H15BrN4O. The van der Waals surface area contributed by atoms with Gasteiger partial charge in [-0.05, 0) is 31.2 Å². The van der Waals surface area contributed by atoms with Gasteiger partial charge >= 0.3 is 0 Å². The van der Waals surface area contributed by atoms with Gasteiger partial charge in [0.1, 0.15) is 23.7 Å². The Kier molecular flexibility index (Phi) is 4.68. The van der Waals surface area contributed by atoms with Crippen molar-refractivity contribution in [1.82, 2.24) is 9.97 Å². The van der Waals surface area contributed by atoms with Crippen LogP contribution in [0.5, 0.6) is 0 Å². The summed E-state index contributed by atoms with van der Waals surface area (Å²) in [5.74, 6) is 1.48. The maximum Gasteiger partial charge on any atom is 0.149 e. The van der Waals surface area contributed by atoms with E-state index in [2.05, 4.69) is 31.2 Å². The van der Waals surface area contributed by atoms with Crippen LogP contribution in [-0.4, -0.2) is 29.3 Å². The first-order chi connectivity index (χ1) is 9.54. The minimum Gasteiger partial charge on any atom is -0.352 e. The van der Waals surface area contributed by atoms with E-state index in [1.807, 2.05) is 37.4 Å². The van der Waals surface area contributed by atoms with Crippen LogP contribution in [0.25, 0.3) is 0 Å². The van der Waals surface area contributed by atoms with Gasteiger partial charge in [0.05, 0.1) is 6.54 Å². The number of hydrogen-bond donors (Lipinski definition) is 1. The van der Waals surface area contributed by atoms with Gasteiger partial charge in [-0.2, -0.15) is 0 Å². The quantitative estimate of drug-likeness (QED) is 0.910. The van der Waals surface area contributed by atoms with E-state index < -0.39 is 0 Å². The molecule has 0 saturated carbocycles. The van der Waals surface area contributed by atoms with Crippen LogP contribution in [0.4, 0.5) is 17.3 Å². The molecule has 6 heteroatoms. The molecule has 2 aromatic rings. The Morgan fingerprint density at radius 2 is 2.00 bits per heavy atom. The number of nitrogens with one attached hydrogen (secondary N) is 1. The molecule has 0 bridgehead atoms. The standard InChI is InChI=1S/C14H15BrN4O/c1-10(20)8-19(2)14-7-13(16-9-17-14)18-12-5-3-11(15)4-6-12/h3-7,9H,8H2,1-2H3,(H,16,17,18). The molecular weight excluding hydrogens is 320 g/mol. The van der Waals surface area contributed by atoms with Crippen molar-refractivity contribution in [1.29, 1.82) is 0 Å². The fourth-order valence-electron chi connectivity index (χ4n) is 1.72. The minimum atomic E-state index is 0.0912. The molecule has 1 N–H and O–H groups in total. The fourth-order valence-corrected chi connectivity index (χ4v) is 1.98. The summed E-state index contributed by atoms with van der Waals surface area (Å²) in [6, 6.07) is 9.61. The van der Waals surface area contributed by atoms with E-state index in [-0.39, 0.29) is 5.78 Å². The molecule has 5 nitrogen and oxygen atoms in total. The van der Waals surface area contributed by atoms with Crippen LogP contribution in [0.2, 0.25) is 0 Å². The number of carbonyl (C=O) groups excluding carboxylic acids is 1. The van der Waals surface area contributed by atoms with Crippen molar-refractivity contribution in [3.8, 4) is 0 Å². The number of rotatable bonds is 5. The van der Waals surface area contributed by atoms with Gasteiger partial charge in [0, 0.05) is 23.3 Å². The number of likely N-dealkylation sites (N-methyl/N-ethyl adjacent to an activating group) is 1. The van der Waals surface area contributed by atoms with E-state index in [9.17, 15) is 4.79 Å². The molecule has 1 aromatic carbocycles. The average Bonchev–Trinajstić information content (AvgIpc) is 2.41. The molecule has 0 amide bonds. The monoisotopic (exact) mass is 334 g/mol. The number of benzene rings is 1. The highest BCUT2D eigenvalue weighted by molar-refractivity contribution is 9.10. The summed E-state index contributed by atoms with van der Waals surface area (Å²) in [6.07, 6.45) is 1.48. The summed E-state index contributed by atoms with van der Waals surface area (Å²) >= 11 is 3.39. The number of ketones is 1. The van der Waals surface area contributed by atoms with Crippen LogP contribution in [0, 0.1) is 0 Å². The second-order valence-corrected chi connectivity index (χ2v) is 5.37. The van der Waals surface area contributed by atoms with E-state index in [0.717, 1.165) is 10.2 Å². The molecule has 0 fully saturated rings. The maximum absolute atomic E-state index is 11.1. The van der Waals surface area contributed by atoms with Gasteiger partial charge in [0.25, 0.3) is 0 Å². The summed E-state index contributed by atoms with van der Waals surface area (Å²) in [5.41, 5.74) is 0.937. The van der Waals surface area contributed by atoms with Crippen molar-refractivity contribution < 1.29 is 4.79 Å². The zero-order chi connectivity index (χ0) is 14.5. The Hall–Kier alpha value is -1.95. The van der Waals surface area contributed by atoms with Gasteiger partial charge < -0.3 is 10.2 Å². The molecule has 0 unspecified atom stereocenters. The third kappa shape index (κ3) is 4.03. The first-order valence-electron chi connectivity index (χ1n) is 6.10. The molecule has 104 valence electrons. The lowest BCUT2D eigenvalue weighted by atomic mass is 10.3. The Morgan fingerprint density at radius 1 is 1.30 bits per heavy atom. The molecule has 20 heavy (non-hydrogen) atoms. The predicted octanol–water partition coefficient (Wildman–Crippen LogP) is 3.01. The smallest absolute Gasteiger partial charge is 0.149 e. The molecule has 0 atom stereocenters. The summed E-state index contributed by atoms with van der Waals surface area (Å²) in [6.45, 7) is 1.88. The van der Waals surface area contributed by atoms with Crippen LogP contribution >= 0.6 is 15.9 Å². The third-order valence-corrected chi connectivity index (χ3v) is 3.15. The summed E-state index contributed by atoms with van der Waals surface area (Å²) < 4.78 is 1.02. The fraction of sp³-hybridized carbons (Fsp3) is 0.214. The summed E-state index contributed by atoms with van der Waals surface area (Å²) in [7, 11) is 1.83. The van der Waals surface area contributed by atoms with Crippen molar-refractivity contribution in [3.05, 3.63) is 41.1 Å². The lowest BCUT2D eigenvalue weighted by Gasteiger charge is -2.16. The molecule has 1 aromatic heterocycles.